The molecule has 3 rings (SSSR count). The van der Waals surface area contributed by atoms with Crippen LogP contribution in [0, 0.1) is 11.3 Å². The Morgan fingerprint density at radius 2 is 2.15 bits per heavy atom. The van der Waals surface area contributed by atoms with Crippen LogP contribution in [0.25, 0.3) is 11.0 Å². The number of carbonyl (C=O) groups excluding carboxylic acids is 1. The van der Waals surface area contributed by atoms with Gasteiger partial charge >= 0.3 is 6.18 Å². The fraction of sp³-hybridized carbons (Fsp3) is 0.500. The maximum absolute atomic E-state index is 13.1. The summed E-state index contributed by atoms with van der Waals surface area (Å²) in [6.45, 7) is 0. The number of aromatic nitrogens is 2. The lowest BCUT2D eigenvalue weighted by molar-refractivity contribution is -0.180. The average molecular weight is 379 g/mol. The third-order valence-electron chi connectivity index (χ3n) is 4.89. The number of carbonyl (C=O) groups is 1. The molecule has 1 aromatic heterocycles. The van der Waals surface area contributed by atoms with Gasteiger partial charge in [0, 0.05) is 6.04 Å². The first-order valence-electron chi connectivity index (χ1n) is 8.65. The first-order chi connectivity index (χ1) is 12.7. The number of imidazole rings is 1. The molecule has 1 saturated carbocycles. The van der Waals surface area contributed by atoms with Crippen molar-refractivity contribution in [1.82, 2.24) is 14.5 Å². The Morgan fingerprint density at radius 3 is 2.67 bits per heavy atom. The minimum absolute atomic E-state index is 0.117. The van der Waals surface area contributed by atoms with E-state index in [1.165, 1.54) is 14.1 Å². The Balaban J connectivity index is 1.90. The van der Waals surface area contributed by atoms with Crippen LogP contribution in [-0.2, 0) is 4.79 Å². The molecule has 0 aliphatic heterocycles. The summed E-state index contributed by atoms with van der Waals surface area (Å²) in [5, 5.41) is 11.7. The summed E-state index contributed by atoms with van der Waals surface area (Å²) in [5.41, 5.74) is 1.76. The lowest BCUT2D eigenvalue weighted by atomic mass is 9.92. The summed E-state index contributed by atoms with van der Waals surface area (Å²) in [5.74, 6) is -0.517. The lowest BCUT2D eigenvalue weighted by Crippen LogP contribution is -2.43. The van der Waals surface area contributed by atoms with Crippen molar-refractivity contribution in [3.63, 3.8) is 0 Å². The van der Waals surface area contributed by atoms with Crippen LogP contribution in [0.2, 0.25) is 0 Å². The van der Waals surface area contributed by atoms with Crippen molar-refractivity contribution in [2.75, 3.05) is 19.4 Å². The molecule has 0 radical (unpaired) electrons. The zero-order chi connectivity index (χ0) is 19.8. The van der Waals surface area contributed by atoms with Gasteiger partial charge in [-0.1, -0.05) is 0 Å². The molecule has 1 fully saturated rings. The molecule has 2 aromatic rings. The minimum Gasteiger partial charge on any atom is -0.307 e. The summed E-state index contributed by atoms with van der Waals surface area (Å²) < 4.78 is 41.2. The van der Waals surface area contributed by atoms with E-state index in [0.717, 1.165) is 24.2 Å². The van der Waals surface area contributed by atoms with Gasteiger partial charge in [0.05, 0.1) is 29.1 Å². The number of alkyl halides is 3. The maximum atomic E-state index is 13.1. The molecule has 1 aliphatic carbocycles. The molecule has 1 aromatic carbocycles. The summed E-state index contributed by atoms with van der Waals surface area (Å²) >= 11 is 0. The van der Waals surface area contributed by atoms with Crippen LogP contribution in [0.4, 0.5) is 19.1 Å². The van der Waals surface area contributed by atoms with Crippen LogP contribution in [0.1, 0.15) is 37.3 Å². The molecular weight excluding hydrogens is 359 g/mol. The second-order valence-electron chi connectivity index (χ2n) is 6.98. The van der Waals surface area contributed by atoms with Crippen molar-refractivity contribution in [3.05, 3.63) is 23.8 Å². The first-order valence-corrected chi connectivity index (χ1v) is 8.65. The van der Waals surface area contributed by atoms with E-state index in [-0.39, 0.29) is 12.0 Å². The van der Waals surface area contributed by atoms with Gasteiger partial charge in [-0.05, 0) is 51.6 Å². The van der Waals surface area contributed by atoms with Gasteiger partial charge in [-0.2, -0.15) is 18.4 Å². The third-order valence-corrected chi connectivity index (χ3v) is 4.89. The van der Waals surface area contributed by atoms with E-state index in [9.17, 15) is 18.0 Å². The minimum atomic E-state index is -4.50. The topological polar surface area (TPSA) is 74.0 Å². The smallest absolute Gasteiger partial charge is 0.307 e. The molecule has 1 N–H and O–H groups in total. The quantitative estimate of drug-likeness (QED) is 0.864. The monoisotopic (exact) mass is 379 g/mol. The van der Waals surface area contributed by atoms with Crippen molar-refractivity contribution < 1.29 is 18.0 Å². The number of hydrogen-bond donors (Lipinski definition) is 1. The Hall–Kier alpha value is -2.60. The summed E-state index contributed by atoms with van der Waals surface area (Å²) in [4.78, 5) is 17.7. The summed E-state index contributed by atoms with van der Waals surface area (Å²) in [6.07, 6.45) is -2.39. The van der Waals surface area contributed by atoms with E-state index in [1.54, 1.807) is 18.2 Å². The molecule has 1 unspecified atom stereocenters. The SMILES string of the molecule is CN(C)C(CC(=O)Nc1nc2ccc(C#N)cc2n1C1CCC1)C(F)(F)F. The summed E-state index contributed by atoms with van der Waals surface area (Å²) in [6, 6.07) is 5.30. The molecule has 1 atom stereocenters. The van der Waals surface area contributed by atoms with E-state index < -0.39 is 24.5 Å². The van der Waals surface area contributed by atoms with Gasteiger partial charge < -0.3 is 4.57 Å². The Morgan fingerprint density at radius 1 is 1.44 bits per heavy atom. The highest BCUT2D eigenvalue weighted by molar-refractivity contribution is 5.92. The average Bonchev–Trinajstić information content (AvgIpc) is 2.87. The number of benzene rings is 1. The maximum Gasteiger partial charge on any atom is 0.404 e. The van der Waals surface area contributed by atoms with Gasteiger partial charge in [-0.15, -0.1) is 0 Å². The van der Waals surface area contributed by atoms with Crippen LogP contribution in [0.15, 0.2) is 18.2 Å². The Bertz CT molecular complexity index is 893. The second kappa shape index (κ2) is 7.19. The first kappa shape index (κ1) is 19.2. The molecule has 1 amide bonds. The summed E-state index contributed by atoms with van der Waals surface area (Å²) in [7, 11) is 2.58. The second-order valence-corrected chi connectivity index (χ2v) is 6.98. The number of nitrogens with one attached hydrogen (secondary N) is 1. The largest absolute Gasteiger partial charge is 0.404 e. The third kappa shape index (κ3) is 3.90. The molecule has 6 nitrogen and oxygen atoms in total. The molecule has 144 valence electrons. The fourth-order valence-electron chi connectivity index (χ4n) is 3.21. The Labute approximate surface area is 154 Å². The number of nitrogens with zero attached hydrogens (tertiary/aromatic N) is 4. The fourth-order valence-corrected chi connectivity index (χ4v) is 3.21. The highest BCUT2D eigenvalue weighted by Crippen LogP contribution is 2.37. The zero-order valence-corrected chi connectivity index (χ0v) is 15.0. The number of halogens is 3. The van der Waals surface area contributed by atoms with E-state index in [2.05, 4.69) is 16.4 Å². The molecule has 1 heterocycles. The zero-order valence-electron chi connectivity index (χ0n) is 15.0. The van der Waals surface area contributed by atoms with Gasteiger partial charge in [-0.25, -0.2) is 4.98 Å². The number of nitriles is 1. The number of anilines is 1. The van der Waals surface area contributed by atoms with Crippen LogP contribution >= 0.6 is 0 Å². The highest BCUT2D eigenvalue weighted by atomic mass is 19.4. The molecule has 0 bridgehead atoms. The predicted octanol–water partition coefficient (Wildman–Crippen LogP) is 3.45. The highest BCUT2D eigenvalue weighted by Gasteiger charge is 2.42. The number of amides is 1. The van der Waals surface area contributed by atoms with Crippen molar-refractivity contribution in [2.24, 2.45) is 0 Å². The van der Waals surface area contributed by atoms with E-state index >= 15 is 0 Å². The van der Waals surface area contributed by atoms with Crippen molar-refractivity contribution in [3.8, 4) is 6.07 Å². The molecular formula is C18H20F3N5O. The number of fused-ring (bicyclic) bond motifs is 1. The standard InChI is InChI=1S/C18H20F3N5O/c1-25(2)15(18(19,20)21)9-16(27)24-17-23-13-7-6-11(10-22)8-14(13)26(17)12-4-3-5-12/h6-8,12,15H,3-5,9H2,1-2H3,(H,23,24,27). The molecule has 1 aliphatic rings. The van der Waals surface area contributed by atoms with Gasteiger partial charge in [-0.3, -0.25) is 15.0 Å². The Kier molecular flexibility index (Phi) is 5.11. The van der Waals surface area contributed by atoms with Crippen LogP contribution in [0.5, 0.6) is 0 Å². The van der Waals surface area contributed by atoms with Crippen LogP contribution < -0.4 is 5.32 Å². The van der Waals surface area contributed by atoms with Crippen molar-refractivity contribution in [1.29, 1.82) is 5.26 Å². The van der Waals surface area contributed by atoms with Gasteiger partial charge in [0.1, 0.15) is 6.04 Å². The van der Waals surface area contributed by atoms with E-state index in [0.29, 0.717) is 16.6 Å². The van der Waals surface area contributed by atoms with Crippen LogP contribution in [0.3, 0.4) is 0 Å². The normalized spacial score (nSPS) is 16.2. The molecule has 9 heteroatoms. The molecule has 0 spiro atoms. The number of hydrogen-bond acceptors (Lipinski definition) is 4. The van der Waals surface area contributed by atoms with Crippen molar-refractivity contribution in [2.45, 2.75) is 43.9 Å². The molecule has 27 heavy (non-hydrogen) atoms. The van der Waals surface area contributed by atoms with E-state index in [4.69, 9.17) is 5.26 Å². The van der Waals surface area contributed by atoms with Gasteiger partial charge in [0.2, 0.25) is 11.9 Å². The van der Waals surface area contributed by atoms with Crippen molar-refractivity contribution >= 4 is 22.9 Å². The van der Waals surface area contributed by atoms with E-state index in [1.807, 2.05) is 4.57 Å². The van der Waals surface area contributed by atoms with Crippen LogP contribution in [-0.4, -0.2) is 46.7 Å². The van der Waals surface area contributed by atoms with Gasteiger partial charge in [0.25, 0.3) is 0 Å². The van der Waals surface area contributed by atoms with Gasteiger partial charge in [0.15, 0.2) is 0 Å². The molecule has 0 saturated heterocycles. The number of rotatable bonds is 5. The lowest BCUT2D eigenvalue weighted by Gasteiger charge is -2.29. The predicted molar refractivity (Wildman–Crippen MR) is 94.1 cm³/mol.